The first-order valence-corrected chi connectivity index (χ1v) is 7.94. The number of rotatable bonds is 6. The van der Waals surface area contributed by atoms with Crippen LogP contribution in [0, 0.1) is 6.92 Å². The van der Waals surface area contributed by atoms with Gasteiger partial charge in [0, 0.05) is 30.2 Å². The molecule has 1 unspecified atom stereocenters. The highest BCUT2D eigenvalue weighted by molar-refractivity contribution is 6.31. The Bertz CT molecular complexity index is 604. The summed E-state index contributed by atoms with van der Waals surface area (Å²) in [7, 11) is 2.02. The first-order chi connectivity index (χ1) is 10.0. The molecule has 1 aromatic carbocycles. The number of aryl methyl sites for hydroxylation is 3. The van der Waals surface area contributed by atoms with Crippen molar-refractivity contribution in [3.8, 4) is 0 Å². The molecule has 1 atom stereocenters. The van der Waals surface area contributed by atoms with E-state index in [-0.39, 0.29) is 6.04 Å². The third kappa shape index (κ3) is 3.86. The van der Waals surface area contributed by atoms with Gasteiger partial charge in [-0.3, -0.25) is 4.68 Å². The molecule has 21 heavy (non-hydrogen) atoms. The van der Waals surface area contributed by atoms with Crippen LogP contribution in [-0.4, -0.2) is 16.3 Å². The number of hydrogen-bond acceptors (Lipinski definition) is 2. The minimum absolute atomic E-state index is 0.283. The summed E-state index contributed by atoms with van der Waals surface area (Å²) >= 11 is 6.14. The minimum Gasteiger partial charge on any atom is -0.310 e. The fraction of sp³-hybridized carbons (Fsp3) is 0.471. The van der Waals surface area contributed by atoms with Crippen molar-refractivity contribution in [1.82, 2.24) is 15.1 Å². The van der Waals surface area contributed by atoms with Gasteiger partial charge in [-0.05, 0) is 43.1 Å². The van der Waals surface area contributed by atoms with Crippen molar-refractivity contribution in [1.29, 1.82) is 0 Å². The van der Waals surface area contributed by atoms with E-state index in [1.807, 2.05) is 24.7 Å². The molecule has 0 spiro atoms. The summed E-state index contributed by atoms with van der Waals surface area (Å²) in [6.45, 7) is 7.26. The second-order valence-corrected chi connectivity index (χ2v) is 5.83. The fourth-order valence-electron chi connectivity index (χ4n) is 2.58. The van der Waals surface area contributed by atoms with Crippen LogP contribution in [0.4, 0.5) is 0 Å². The molecule has 2 aromatic rings. The molecular weight excluding hydrogens is 282 g/mol. The molecule has 0 aliphatic rings. The molecule has 114 valence electrons. The van der Waals surface area contributed by atoms with Crippen molar-refractivity contribution < 1.29 is 0 Å². The summed E-state index contributed by atoms with van der Waals surface area (Å²) < 4.78 is 1.99. The van der Waals surface area contributed by atoms with Gasteiger partial charge in [0.15, 0.2) is 0 Å². The van der Waals surface area contributed by atoms with E-state index in [2.05, 4.69) is 42.5 Å². The Balaban J connectivity index is 2.25. The van der Waals surface area contributed by atoms with Gasteiger partial charge in [-0.15, -0.1) is 0 Å². The molecule has 0 fully saturated rings. The Hall–Kier alpha value is -1.32. The number of likely N-dealkylation sites (N-methyl/N-ethyl adjacent to an activating group) is 1. The lowest BCUT2D eigenvalue weighted by atomic mass is 9.99. The average molecular weight is 306 g/mol. The lowest BCUT2D eigenvalue weighted by Gasteiger charge is -2.19. The van der Waals surface area contributed by atoms with Gasteiger partial charge in [-0.25, -0.2) is 0 Å². The Morgan fingerprint density at radius 3 is 2.62 bits per heavy atom. The van der Waals surface area contributed by atoms with Gasteiger partial charge in [0.1, 0.15) is 0 Å². The Kier molecular flexibility index (Phi) is 5.43. The standard InChI is InChI=1S/C17H24ClN3/c1-5-14-10-15(21(4)20-14)11-17(19-6-2)13-7-8-16(18)12(3)9-13/h7-10,17,19H,5-6,11H2,1-4H3. The van der Waals surface area contributed by atoms with E-state index in [0.717, 1.165) is 35.7 Å². The monoisotopic (exact) mass is 305 g/mol. The van der Waals surface area contributed by atoms with Crippen molar-refractivity contribution in [3.05, 3.63) is 51.8 Å². The Labute approximate surface area is 132 Å². The van der Waals surface area contributed by atoms with Crippen LogP contribution in [-0.2, 0) is 19.9 Å². The first kappa shape index (κ1) is 16.1. The zero-order valence-corrected chi connectivity index (χ0v) is 14.0. The summed E-state index contributed by atoms with van der Waals surface area (Å²) in [6, 6.07) is 8.75. The maximum atomic E-state index is 6.14. The third-order valence-electron chi connectivity index (χ3n) is 3.84. The predicted octanol–water partition coefficient (Wildman–Crippen LogP) is 3.84. The largest absolute Gasteiger partial charge is 0.310 e. The molecule has 3 nitrogen and oxygen atoms in total. The molecule has 1 heterocycles. The second-order valence-electron chi connectivity index (χ2n) is 5.43. The molecular formula is C17H24ClN3. The number of aromatic nitrogens is 2. The molecule has 0 amide bonds. The SMILES string of the molecule is CCNC(Cc1cc(CC)nn1C)c1ccc(Cl)c(C)c1. The lowest BCUT2D eigenvalue weighted by Crippen LogP contribution is -2.24. The third-order valence-corrected chi connectivity index (χ3v) is 4.26. The van der Waals surface area contributed by atoms with Gasteiger partial charge in [0.25, 0.3) is 0 Å². The topological polar surface area (TPSA) is 29.9 Å². The van der Waals surface area contributed by atoms with Crippen LogP contribution >= 0.6 is 11.6 Å². The van der Waals surface area contributed by atoms with Crippen molar-refractivity contribution >= 4 is 11.6 Å². The summed E-state index contributed by atoms with van der Waals surface area (Å²) in [5, 5.41) is 8.92. The van der Waals surface area contributed by atoms with Crippen molar-refractivity contribution in [3.63, 3.8) is 0 Å². The molecule has 0 aliphatic heterocycles. The van der Waals surface area contributed by atoms with Crippen molar-refractivity contribution in [2.24, 2.45) is 7.05 Å². The van der Waals surface area contributed by atoms with Crippen LogP contribution in [0.3, 0.4) is 0 Å². The van der Waals surface area contributed by atoms with Crippen LogP contribution in [0.1, 0.15) is 42.4 Å². The fourth-order valence-corrected chi connectivity index (χ4v) is 2.70. The predicted molar refractivity (Wildman–Crippen MR) is 88.9 cm³/mol. The van der Waals surface area contributed by atoms with Gasteiger partial charge in [-0.2, -0.15) is 5.10 Å². The number of nitrogens with zero attached hydrogens (tertiary/aromatic N) is 2. The Morgan fingerprint density at radius 2 is 2.05 bits per heavy atom. The minimum atomic E-state index is 0.283. The highest BCUT2D eigenvalue weighted by atomic mass is 35.5. The maximum absolute atomic E-state index is 6.14. The van der Waals surface area contributed by atoms with E-state index in [9.17, 15) is 0 Å². The highest BCUT2D eigenvalue weighted by Gasteiger charge is 2.15. The van der Waals surface area contributed by atoms with Gasteiger partial charge in [0.05, 0.1) is 5.69 Å². The van der Waals surface area contributed by atoms with E-state index in [0.29, 0.717) is 0 Å². The van der Waals surface area contributed by atoms with Crippen LogP contribution in [0.25, 0.3) is 0 Å². The number of nitrogens with one attached hydrogen (secondary N) is 1. The summed E-state index contributed by atoms with van der Waals surface area (Å²) in [6.07, 6.45) is 1.90. The maximum Gasteiger partial charge on any atom is 0.0624 e. The van der Waals surface area contributed by atoms with Gasteiger partial charge < -0.3 is 5.32 Å². The normalized spacial score (nSPS) is 12.6. The zero-order valence-electron chi connectivity index (χ0n) is 13.3. The van der Waals surface area contributed by atoms with E-state index >= 15 is 0 Å². The van der Waals surface area contributed by atoms with Gasteiger partial charge >= 0.3 is 0 Å². The number of halogens is 1. The summed E-state index contributed by atoms with van der Waals surface area (Å²) in [5.41, 5.74) is 4.80. The summed E-state index contributed by atoms with van der Waals surface area (Å²) in [4.78, 5) is 0. The van der Waals surface area contributed by atoms with E-state index in [1.54, 1.807) is 0 Å². The molecule has 1 N–H and O–H groups in total. The molecule has 4 heteroatoms. The average Bonchev–Trinajstić information content (AvgIpc) is 2.82. The quantitative estimate of drug-likeness (QED) is 0.879. The van der Waals surface area contributed by atoms with Gasteiger partial charge in [-0.1, -0.05) is 37.6 Å². The van der Waals surface area contributed by atoms with Crippen LogP contribution in [0.5, 0.6) is 0 Å². The molecule has 0 aliphatic carbocycles. The van der Waals surface area contributed by atoms with Crippen LogP contribution in [0.2, 0.25) is 5.02 Å². The van der Waals surface area contributed by atoms with E-state index < -0.39 is 0 Å². The second kappa shape index (κ2) is 7.10. The Morgan fingerprint density at radius 1 is 1.29 bits per heavy atom. The molecule has 0 radical (unpaired) electrons. The summed E-state index contributed by atoms with van der Waals surface area (Å²) in [5.74, 6) is 0. The van der Waals surface area contributed by atoms with Gasteiger partial charge in [0.2, 0.25) is 0 Å². The smallest absolute Gasteiger partial charge is 0.0624 e. The number of benzene rings is 1. The molecule has 2 rings (SSSR count). The molecule has 0 saturated heterocycles. The van der Waals surface area contributed by atoms with Crippen LogP contribution < -0.4 is 5.32 Å². The zero-order chi connectivity index (χ0) is 15.4. The van der Waals surface area contributed by atoms with E-state index in [1.165, 1.54) is 11.3 Å². The van der Waals surface area contributed by atoms with E-state index in [4.69, 9.17) is 11.6 Å². The first-order valence-electron chi connectivity index (χ1n) is 7.56. The number of hydrogen-bond donors (Lipinski definition) is 1. The molecule has 0 bridgehead atoms. The molecule has 1 aromatic heterocycles. The molecule has 0 saturated carbocycles. The van der Waals surface area contributed by atoms with Crippen molar-refractivity contribution in [2.45, 2.75) is 39.7 Å². The van der Waals surface area contributed by atoms with Crippen molar-refractivity contribution in [2.75, 3.05) is 6.54 Å². The highest BCUT2D eigenvalue weighted by Crippen LogP contribution is 2.23. The van der Waals surface area contributed by atoms with Crippen LogP contribution in [0.15, 0.2) is 24.3 Å². The lowest BCUT2D eigenvalue weighted by molar-refractivity contribution is 0.528.